The van der Waals surface area contributed by atoms with Crippen molar-refractivity contribution in [1.82, 2.24) is 0 Å². The molecule has 0 radical (unpaired) electrons. The number of ketones is 2. The van der Waals surface area contributed by atoms with Gasteiger partial charge in [-0.25, -0.2) is 4.39 Å². The highest BCUT2D eigenvalue weighted by molar-refractivity contribution is 6.09. The lowest BCUT2D eigenvalue weighted by Gasteiger charge is -2.55. The average molecular weight is 344 g/mol. The number of hydrogen-bond acceptors (Lipinski definition) is 3. The highest BCUT2D eigenvalue weighted by atomic mass is 19.1. The van der Waals surface area contributed by atoms with Crippen molar-refractivity contribution in [3.63, 3.8) is 0 Å². The van der Waals surface area contributed by atoms with Crippen LogP contribution in [0, 0.1) is 28.6 Å². The molecule has 6 atom stereocenters. The van der Waals surface area contributed by atoms with E-state index in [1.807, 2.05) is 13.0 Å². The van der Waals surface area contributed by atoms with Crippen molar-refractivity contribution in [3.05, 3.63) is 35.6 Å². The van der Waals surface area contributed by atoms with E-state index in [0.29, 0.717) is 17.8 Å². The lowest BCUT2D eigenvalue weighted by atomic mass is 9.48. The second-order valence-electron chi connectivity index (χ2n) is 8.51. The Balaban J connectivity index is 1.87. The number of alkyl halides is 1. The number of methoxy groups -OCH3 is 1. The largest absolute Gasteiger partial charge is 0.492 e. The van der Waals surface area contributed by atoms with Crippen LogP contribution in [-0.4, -0.2) is 24.8 Å². The van der Waals surface area contributed by atoms with Gasteiger partial charge in [0, 0.05) is 28.4 Å². The topological polar surface area (TPSA) is 43.4 Å². The number of allylic oxidation sites excluding steroid dienone is 4. The molecule has 0 aromatic heterocycles. The lowest BCUT2D eigenvalue weighted by molar-refractivity contribution is -0.131. The van der Waals surface area contributed by atoms with Gasteiger partial charge in [-0.15, -0.1) is 0 Å². The summed E-state index contributed by atoms with van der Waals surface area (Å²) in [6, 6.07) is 0. The van der Waals surface area contributed by atoms with Crippen molar-refractivity contribution < 1.29 is 18.7 Å². The van der Waals surface area contributed by atoms with Crippen LogP contribution >= 0.6 is 0 Å². The molecule has 2 saturated carbocycles. The van der Waals surface area contributed by atoms with Gasteiger partial charge in [0.1, 0.15) is 12.0 Å². The molecule has 134 valence electrons. The molecule has 0 aliphatic heterocycles. The quantitative estimate of drug-likeness (QED) is 0.677. The minimum Gasteiger partial charge on any atom is -0.492 e. The minimum atomic E-state index is -1.41. The summed E-state index contributed by atoms with van der Waals surface area (Å²) >= 11 is 0. The lowest BCUT2D eigenvalue weighted by Crippen LogP contribution is -2.54. The molecule has 0 aromatic carbocycles. The van der Waals surface area contributed by atoms with Crippen molar-refractivity contribution in [2.45, 2.75) is 45.7 Å². The van der Waals surface area contributed by atoms with E-state index >= 15 is 4.39 Å². The molecule has 0 bridgehead atoms. The first-order valence-electron chi connectivity index (χ1n) is 9.14. The van der Waals surface area contributed by atoms with Crippen molar-refractivity contribution in [3.8, 4) is 0 Å². The second-order valence-corrected chi connectivity index (χ2v) is 8.51. The summed E-state index contributed by atoms with van der Waals surface area (Å²) in [5, 5.41) is 0. The first-order chi connectivity index (χ1) is 11.8. The molecule has 0 N–H and O–H groups in total. The van der Waals surface area contributed by atoms with Crippen LogP contribution in [0.2, 0.25) is 0 Å². The van der Waals surface area contributed by atoms with Crippen LogP contribution in [0.3, 0.4) is 0 Å². The average Bonchev–Trinajstić information content (AvgIpc) is 2.90. The van der Waals surface area contributed by atoms with Crippen LogP contribution in [0.5, 0.6) is 0 Å². The highest BCUT2D eigenvalue weighted by Crippen LogP contribution is 2.63. The monoisotopic (exact) mass is 344 g/mol. The summed E-state index contributed by atoms with van der Waals surface area (Å²) in [6.45, 7) is 7.72. The number of halogens is 1. The first-order valence-corrected chi connectivity index (χ1v) is 9.14. The van der Waals surface area contributed by atoms with Crippen molar-refractivity contribution >= 4 is 11.6 Å². The SMILES string of the molecule is C=C1C(=O)C(OC)=C2C=C[C@@H]3[C@H](CC[C@]4(C)C(=O)CC[C@@H]34)[C@@]2(C)[C@@H]1F. The maximum Gasteiger partial charge on any atom is 0.226 e. The van der Waals surface area contributed by atoms with E-state index in [4.69, 9.17) is 4.74 Å². The number of Topliss-reactive ketones (excluding diaryl/α,β-unsaturated/α-hetero) is 2. The van der Waals surface area contributed by atoms with Crippen molar-refractivity contribution in [2.24, 2.45) is 28.6 Å². The number of rotatable bonds is 1. The molecule has 2 fully saturated rings. The van der Waals surface area contributed by atoms with Gasteiger partial charge in [-0.2, -0.15) is 0 Å². The molecule has 0 heterocycles. The van der Waals surface area contributed by atoms with E-state index in [1.54, 1.807) is 0 Å². The summed E-state index contributed by atoms with van der Waals surface area (Å²) in [5.41, 5.74) is -0.439. The molecule has 0 unspecified atom stereocenters. The van der Waals surface area contributed by atoms with Gasteiger partial charge in [-0.05, 0) is 37.0 Å². The van der Waals surface area contributed by atoms with Gasteiger partial charge >= 0.3 is 0 Å². The van der Waals surface area contributed by atoms with E-state index in [2.05, 4.69) is 19.6 Å². The summed E-state index contributed by atoms with van der Waals surface area (Å²) in [7, 11) is 1.46. The summed E-state index contributed by atoms with van der Waals surface area (Å²) in [4.78, 5) is 24.8. The van der Waals surface area contributed by atoms with Gasteiger partial charge in [0.05, 0.1) is 7.11 Å². The number of carbonyl (C=O) groups excluding carboxylic acids is 2. The van der Waals surface area contributed by atoms with E-state index < -0.39 is 17.4 Å². The summed E-state index contributed by atoms with van der Waals surface area (Å²) in [6.07, 6.45) is 5.67. The third-order valence-corrected chi connectivity index (χ3v) is 7.66. The molecular formula is C21H25FO3. The molecule has 0 spiro atoms. The molecule has 4 rings (SSSR count). The van der Waals surface area contributed by atoms with Crippen LogP contribution in [0.25, 0.3) is 0 Å². The van der Waals surface area contributed by atoms with Gasteiger partial charge in [0.25, 0.3) is 0 Å². The molecule has 0 amide bonds. The maximum atomic E-state index is 15.4. The molecule has 0 aromatic rings. The molecular weight excluding hydrogens is 319 g/mol. The van der Waals surface area contributed by atoms with E-state index in [0.717, 1.165) is 19.3 Å². The third-order valence-electron chi connectivity index (χ3n) is 7.66. The molecule has 25 heavy (non-hydrogen) atoms. The fourth-order valence-corrected chi connectivity index (χ4v) is 6.11. The Morgan fingerprint density at radius 1 is 1.24 bits per heavy atom. The zero-order valence-electron chi connectivity index (χ0n) is 15.1. The van der Waals surface area contributed by atoms with Crippen LogP contribution in [-0.2, 0) is 14.3 Å². The fraction of sp³-hybridized carbons (Fsp3) is 0.619. The number of hydrogen-bond donors (Lipinski definition) is 0. The van der Waals surface area contributed by atoms with Crippen molar-refractivity contribution in [2.75, 3.05) is 7.11 Å². The Hall–Kier alpha value is -1.71. The minimum absolute atomic E-state index is 0.00650. The van der Waals surface area contributed by atoms with E-state index in [1.165, 1.54) is 7.11 Å². The zero-order valence-corrected chi connectivity index (χ0v) is 15.1. The molecule has 3 nitrogen and oxygen atoms in total. The first kappa shape index (κ1) is 16.7. The van der Waals surface area contributed by atoms with Crippen LogP contribution in [0.15, 0.2) is 35.6 Å². The Labute approximate surface area is 148 Å². The zero-order chi connectivity index (χ0) is 18.1. The molecule has 4 aliphatic rings. The Morgan fingerprint density at radius 3 is 2.64 bits per heavy atom. The maximum absolute atomic E-state index is 15.4. The predicted molar refractivity (Wildman–Crippen MR) is 92.4 cm³/mol. The Morgan fingerprint density at radius 2 is 1.96 bits per heavy atom. The smallest absolute Gasteiger partial charge is 0.226 e. The Bertz CT molecular complexity index is 748. The molecule has 0 saturated heterocycles. The van der Waals surface area contributed by atoms with Crippen LogP contribution in [0.1, 0.15) is 39.5 Å². The van der Waals surface area contributed by atoms with Gasteiger partial charge in [0.15, 0.2) is 5.76 Å². The van der Waals surface area contributed by atoms with Gasteiger partial charge in [-0.1, -0.05) is 32.6 Å². The van der Waals surface area contributed by atoms with E-state index in [-0.39, 0.29) is 34.5 Å². The predicted octanol–water partition coefficient (Wildman–Crippen LogP) is 3.95. The number of carbonyl (C=O) groups is 2. The summed E-state index contributed by atoms with van der Waals surface area (Å²) < 4.78 is 20.8. The third kappa shape index (κ3) is 1.86. The molecule has 4 aliphatic carbocycles. The van der Waals surface area contributed by atoms with E-state index in [9.17, 15) is 9.59 Å². The van der Waals surface area contributed by atoms with Crippen LogP contribution in [0.4, 0.5) is 4.39 Å². The van der Waals surface area contributed by atoms with Gasteiger partial charge < -0.3 is 4.74 Å². The fourth-order valence-electron chi connectivity index (χ4n) is 6.11. The standard InChI is InChI=1S/C21H25FO3/c1-11-17(24)18(25-4)15-6-5-12-13-7-8-16(23)20(13,2)10-9-14(12)21(15,3)19(11)22/h5-6,12-14,19H,1,7-10H2,2-4H3/t12-,13-,14-,19+,20-,21+/m0/s1. The normalized spacial score (nSPS) is 46.0. The van der Waals surface area contributed by atoms with Gasteiger partial charge in [0.2, 0.25) is 5.78 Å². The second kappa shape index (κ2) is 5.15. The highest BCUT2D eigenvalue weighted by Gasteiger charge is 2.62. The van der Waals surface area contributed by atoms with Crippen LogP contribution < -0.4 is 0 Å². The van der Waals surface area contributed by atoms with Gasteiger partial charge in [-0.3, -0.25) is 9.59 Å². The Kier molecular flexibility index (Phi) is 3.45. The number of fused-ring (bicyclic) bond motifs is 5. The number of ether oxygens (including phenoxy) is 1. The molecule has 4 heteroatoms. The van der Waals surface area contributed by atoms with Crippen molar-refractivity contribution in [1.29, 1.82) is 0 Å². The summed E-state index contributed by atoms with van der Waals surface area (Å²) in [5.74, 6) is 0.637.